The zero-order chi connectivity index (χ0) is 17.2. The summed E-state index contributed by atoms with van der Waals surface area (Å²) in [5, 5.41) is 2.70. The highest BCUT2D eigenvalue weighted by Crippen LogP contribution is 2.29. The van der Waals surface area contributed by atoms with Crippen LogP contribution in [0.5, 0.6) is 0 Å². The van der Waals surface area contributed by atoms with Gasteiger partial charge in [0.2, 0.25) is 0 Å². The Balaban J connectivity index is 0.000000816. The molecule has 6 N–H and O–H groups in total. The summed E-state index contributed by atoms with van der Waals surface area (Å²) < 4.78 is 0. The monoisotopic (exact) mass is 331 g/mol. The molecule has 0 aliphatic rings. The molecule has 0 atom stereocenters. The van der Waals surface area contributed by atoms with Gasteiger partial charge in [0.05, 0.1) is 11.4 Å². The maximum atomic E-state index is 5.85. The number of hydrogen-bond acceptors (Lipinski definition) is 5. The van der Waals surface area contributed by atoms with Crippen molar-refractivity contribution in [1.29, 1.82) is 0 Å². The number of hydrazine groups is 1. The molecule has 0 saturated carbocycles. The maximum absolute atomic E-state index is 5.85. The number of H-pyrrole nitrogens is 1. The Morgan fingerprint density at radius 1 is 1.48 bits per heavy atom. The molecule has 0 unspecified atom stereocenters. The van der Waals surface area contributed by atoms with Crippen LogP contribution in [0.4, 0.5) is 0 Å². The molecule has 0 spiro atoms. The molecule has 2 rings (SSSR count). The lowest BCUT2D eigenvalue weighted by Crippen LogP contribution is -2.16. The van der Waals surface area contributed by atoms with Crippen molar-refractivity contribution in [2.75, 3.05) is 0 Å². The van der Waals surface area contributed by atoms with Crippen LogP contribution < -0.4 is 17.0 Å². The Bertz CT molecular complexity index is 679. The Hall–Kier alpha value is -2.31. The maximum Gasteiger partial charge on any atom is 0.141 e. The van der Waals surface area contributed by atoms with E-state index in [-0.39, 0.29) is 0 Å². The van der Waals surface area contributed by atoms with Crippen molar-refractivity contribution in [3.8, 4) is 11.3 Å². The molecule has 0 aliphatic heterocycles. The van der Waals surface area contributed by atoms with Crippen LogP contribution in [0.15, 0.2) is 36.5 Å². The van der Waals surface area contributed by atoms with Gasteiger partial charge in [-0.1, -0.05) is 45.1 Å². The standard InChI is InChI=1S/C14H17N5S.C3H8/c1-3-4-5-10-9(2)17-6-11(10)13-8-20-14(19-13)12(15)7-18-16;1-3-2/h3-8,17-18H,1,15-16H2,2H3;3H2,1-2H3/b5-4-,12-7-;. The second-order valence-corrected chi connectivity index (χ2v) is 5.71. The lowest BCUT2D eigenvalue weighted by molar-refractivity contribution is 0.966. The van der Waals surface area contributed by atoms with Crippen LogP contribution in [0.3, 0.4) is 0 Å². The molecular weight excluding hydrogens is 306 g/mol. The van der Waals surface area contributed by atoms with Gasteiger partial charge in [0.25, 0.3) is 0 Å². The first-order valence-electron chi connectivity index (χ1n) is 7.44. The van der Waals surface area contributed by atoms with Crippen LogP contribution in [-0.4, -0.2) is 9.97 Å². The van der Waals surface area contributed by atoms with E-state index in [1.165, 1.54) is 24.0 Å². The molecular formula is C17H25N5S. The summed E-state index contributed by atoms with van der Waals surface area (Å²) in [6.45, 7) is 9.96. The Labute approximate surface area is 141 Å². The fourth-order valence-corrected chi connectivity index (χ4v) is 2.56. The van der Waals surface area contributed by atoms with Crippen molar-refractivity contribution < 1.29 is 0 Å². The minimum absolute atomic E-state index is 0.513. The van der Waals surface area contributed by atoms with Gasteiger partial charge < -0.3 is 16.1 Å². The number of nitrogens with two attached hydrogens (primary N) is 2. The van der Waals surface area contributed by atoms with Crippen molar-refractivity contribution in [1.82, 2.24) is 15.4 Å². The van der Waals surface area contributed by atoms with Gasteiger partial charge >= 0.3 is 0 Å². The third-order valence-electron chi connectivity index (χ3n) is 2.79. The van der Waals surface area contributed by atoms with Gasteiger partial charge in [-0.3, -0.25) is 5.84 Å². The third-order valence-corrected chi connectivity index (χ3v) is 3.68. The van der Waals surface area contributed by atoms with Gasteiger partial charge in [0, 0.05) is 34.6 Å². The van der Waals surface area contributed by atoms with Gasteiger partial charge in [-0.15, -0.1) is 11.3 Å². The molecule has 0 radical (unpaired) electrons. The summed E-state index contributed by atoms with van der Waals surface area (Å²) in [7, 11) is 0. The van der Waals surface area contributed by atoms with Gasteiger partial charge in [0.1, 0.15) is 5.01 Å². The fraction of sp³-hybridized carbons (Fsp3) is 0.235. The number of hydrogen-bond donors (Lipinski definition) is 4. The van der Waals surface area contributed by atoms with Crippen molar-refractivity contribution in [3.05, 3.63) is 52.8 Å². The second-order valence-electron chi connectivity index (χ2n) is 4.85. The predicted octanol–water partition coefficient (Wildman–Crippen LogP) is 3.78. The minimum atomic E-state index is 0.513. The summed E-state index contributed by atoms with van der Waals surface area (Å²) >= 11 is 1.48. The number of thiazole rings is 1. The van der Waals surface area contributed by atoms with Crippen LogP contribution in [0.25, 0.3) is 23.0 Å². The molecule has 124 valence electrons. The van der Waals surface area contributed by atoms with Crippen LogP contribution in [0, 0.1) is 6.92 Å². The molecule has 0 saturated heterocycles. The molecule has 2 aromatic rings. The normalized spacial score (nSPS) is 11.2. The lowest BCUT2D eigenvalue weighted by atomic mass is 10.1. The first-order valence-corrected chi connectivity index (χ1v) is 8.32. The molecule has 2 heterocycles. The Morgan fingerprint density at radius 2 is 2.17 bits per heavy atom. The number of allylic oxidation sites excluding steroid dienone is 2. The number of nitrogens with one attached hydrogen (secondary N) is 2. The lowest BCUT2D eigenvalue weighted by Gasteiger charge is -1.98. The molecule has 2 aromatic heterocycles. The largest absolute Gasteiger partial charge is 0.395 e. The number of aryl methyl sites for hydroxylation is 1. The highest BCUT2D eigenvalue weighted by Gasteiger charge is 2.12. The summed E-state index contributed by atoms with van der Waals surface area (Å²) in [5.41, 5.74) is 12.9. The first kappa shape index (κ1) is 18.7. The Morgan fingerprint density at radius 3 is 2.78 bits per heavy atom. The van der Waals surface area contributed by atoms with E-state index >= 15 is 0 Å². The quantitative estimate of drug-likeness (QED) is 0.381. The summed E-state index contributed by atoms with van der Waals surface area (Å²) in [5.74, 6) is 5.21. The summed E-state index contributed by atoms with van der Waals surface area (Å²) in [4.78, 5) is 7.74. The van der Waals surface area contributed by atoms with E-state index in [2.05, 4.69) is 35.8 Å². The second kappa shape index (κ2) is 9.66. The van der Waals surface area contributed by atoms with E-state index in [1.54, 1.807) is 6.08 Å². The van der Waals surface area contributed by atoms with E-state index in [0.717, 1.165) is 27.5 Å². The van der Waals surface area contributed by atoms with Crippen LogP contribution >= 0.6 is 11.3 Å². The highest BCUT2D eigenvalue weighted by molar-refractivity contribution is 7.11. The van der Waals surface area contributed by atoms with Gasteiger partial charge in [0.15, 0.2) is 0 Å². The van der Waals surface area contributed by atoms with E-state index in [1.807, 2.05) is 30.7 Å². The average molecular weight is 331 g/mol. The van der Waals surface area contributed by atoms with E-state index in [4.69, 9.17) is 11.6 Å². The third kappa shape index (κ3) is 5.12. The van der Waals surface area contributed by atoms with Gasteiger partial charge in [-0.25, -0.2) is 4.98 Å². The number of aromatic nitrogens is 2. The number of nitrogens with zero attached hydrogens (tertiary/aromatic N) is 1. The zero-order valence-electron chi connectivity index (χ0n) is 13.9. The van der Waals surface area contributed by atoms with Gasteiger partial charge in [-0.2, -0.15) is 0 Å². The van der Waals surface area contributed by atoms with Crippen LogP contribution in [0.1, 0.15) is 36.5 Å². The topological polar surface area (TPSA) is 92.8 Å². The molecule has 0 amide bonds. The van der Waals surface area contributed by atoms with Crippen molar-refractivity contribution in [2.45, 2.75) is 27.2 Å². The number of aromatic amines is 1. The van der Waals surface area contributed by atoms with Crippen molar-refractivity contribution in [2.24, 2.45) is 11.6 Å². The molecule has 6 heteroatoms. The van der Waals surface area contributed by atoms with Crippen LogP contribution in [-0.2, 0) is 0 Å². The SMILES string of the molecule is C=C/C=C\c1c(-c2csc(/C(N)=C/NN)n2)c[nH]c1C.CCC. The molecule has 0 aliphatic carbocycles. The molecule has 0 aromatic carbocycles. The molecule has 23 heavy (non-hydrogen) atoms. The van der Waals surface area contributed by atoms with E-state index in [9.17, 15) is 0 Å². The highest BCUT2D eigenvalue weighted by atomic mass is 32.1. The fourth-order valence-electron chi connectivity index (χ4n) is 1.81. The Kier molecular flexibility index (Phi) is 7.87. The molecule has 5 nitrogen and oxygen atoms in total. The zero-order valence-corrected chi connectivity index (χ0v) is 14.7. The predicted molar refractivity (Wildman–Crippen MR) is 101 cm³/mol. The molecule has 0 bridgehead atoms. The minimum Gasteiger partial charge on any atom is -0.395 e. The smallest absolute Gasteiger partial charge is 0.141 e. The van der Waals surface area contributed by atoms with Gasteiger partial charge in [-0.05, 0) is 6.92 Å². The van der Waals surface area contributed by atoms with E-state index < -0.39 is 0 Å². The van der Waals surface area contributed by atoms with Crippen molar-refractivity contribution in [3.63, 3.8) is 0 Å². The first-order chi connectivity index (χ1) is 11.1. The average Bonchev–Trinajstić information content (AvgIpc) is 3.13. The van der Waals surface area contributed by atoms with Crippen LogP contribution in [0.2, 0.25) is 0 Å². The molecule has 0 fully saturated rings. The summed E-state index contributed by atoms with van der Waals surface area (Å²) in [6.07, 6.45) is 10.4. The van der Waals surface area contributed by atoms with Crippen molar-refractivity contribution >= 4 is 23.1 Å². The number of rotatable bonds is 5. The van der Waals surface area contributed by atoms with E-state index in [0.29, 0.717) is 5.70 Å². The summed E-state index contributed by atoms with van der Waals surface area (Å²) in [6, 6.07) is 0.